The van der Waals surface area contributed by atoms with Gasteiger partial charge in [0.15, 0.2) is 0 Å². The van der Waals surface area contributed by atoms with E-state index in [-0.39, 0.29) is 30.8 Å². The molecule has 0 bridgehead atoms. The van der Waals surface area contributed by atoms with Crippen molar-refractivity contribution < 1.29 is 19.4 Å². The molecule has 0 spiro atoms. The predicted octanol–water partition coefficient (Wildman–Crippen LogP) is 0.991. The van der Waals surface area contributed by atoms with Crippen molar-refractivity contribution in [3.63, 3.8) is 0 Å². The molecule has 0 aliphatic carbocycles. The van der Waals surface area contributed by atoms with E-state index in [4.69, 9.17) is 9.47 Å². The van der Waals surface area contributed by atoms with Gasteiger partial charge in [0.25, 0.3) is 5.91 Å². The van der Waals surface area contributed by atoms with E-state index in [1.165, 1.54) is 16.9 Å². The quantitative estimate of drug-likeness (QED) is 0.863. The minimum absolute atomic E-state index is 0.232. The van der Waals surface area contributed by atoms with E-state index in [2.05, 4.69) is 10.3 Å². The molecule has 1 aromatic carbocycles. The lowest BCUT2D eigenvalue weighted by atomic mass is 10.1. The minimum atomic E-state index is -0.617. The Morgan fingerprint density at radius 3 is 2.88 bits per heavy atom. The molecule has 4 atom stereocenters. The zero-order valence-corrected chi connectivity index (χ0v) is 13.7. The van der Waals surface area contributed by atoms with Gasteiger partial charge in [-0.15, -0.1) is 11.3 Å². The van der Waals surface area contributed by atoms with E-state index >= 15 is 0 Å². The van der Waals surface area contributed by atoms with Gasteiger partial charge in [-0.3, -0.25) is 4.79 Å². The van der Waals surface area contributed by atoms with Crippen LogP contribution in [0.4, 0.5) is 0 Å². The number of hydrogen-bond donors (Lipinski definition) is 2. The van der Waals surface area contributed by atoms with Crippen LogP contribution in [0.3, 0.4) is 0 Å². The van der Waals surface area contributed by atoms with Crippen molar-refractivity contribution in [2.75, 3.05) is 13.2 Å². The molecule has 4 rings (SSSR count). The maximum Gasteiger partial charge on any atom is 0.271 e. The average Bonchev–Trinajstić information content (AvgIpc) is 3.28. The van der Waals surface area contributed by atoms with Crippen LogP contribution in [0.2, 0.25) is 0 Å². The second-order valence-electron chi connectivity index (χ2n) is 6.03. The zero-order chi connectivity index (χ0) is 16.5. The highest BCUT2D eigenvalue weighted by molar-refractivity contribution is 7.09. The molecule has 126 valence electrons. The van der Waals surface area contributed by atoms with Crippen LogP contribution in [0.25, 0.3) is 0 Å². The number of benzene rings is 1. The highest BCUT2D eigenvalue weighted by Gasteiger charge is 2.47. The van der Waals surface area contributed by atoms with Crippen LogP contribution in [0.15, 0.2) is 35.7 Å². The first kappa shape index (κ1) is 15.7. The van der Waals surface area contributed by atoms with Crippen molar-refractivity contribution >= 4 is 17.2 Å². The summed E-state index contributed by atoms with van der Waals surface area (Å²) in [6.07, 6.45) is -0.537. The Balaban J connectivity index is 1.39. The molecule has 6 nitrogen and oxygen atoms in total. The molecule has 3 heterocycles. The number of nitrogens with one attached hydrogen (secondary N) is 1. The minimum Gasteiger partial charge on any atom is -0.388 e. The lowest BCUT2D eigenvalue weighted by Crippen LogP contribution is -2.44. The van der Waals surface area contributed by atoms with E-state index in [0.717, 1.165) is 5.01 Å². The first-order valence-corrected chi connectivity index (χ1v) is 8.79. The normalized spacial score (nSPS) is 28.7. The highest BCUT2D eigenvalue weighted by atomic mass is 32.1. The lowest BCUT2D eigenvalue weighted by molar-refractivity contribution is 0.0178. The second kappa shape index (κ2) is 6.60. The van der Waals surface area contributed by atoms with Gasteiger partial charge < -0.3 is 19.9 Å². The highest BCUT2D eigenvalue weighted by Crippen LogP contribution is 2.27. The Morgan fingerprint density at radius 1 is 1.25 bits per heavy atom. The molecule has 0 unspecified atom stereocenters. The summed E-state index contributed by atoms with van der Waals surface area (Å²) in [5.41, 5.74) is 1.58. The molecule has 2 saturated heterocycles. The molecule has 2 aromatic rings. The molecule has 2 N–H and O–H groups in total. The van der Waals surface area contributed by atoms with Gasteiger partial charge >= 0.3 is 0 Å². The molecule has 2 aliphatic rings. The topological polar surface area (TPSA) is 80.7 Å². The van der Waals surface area contributed by atoms with Crippen LogP contribution < -0.4 is 5.32 Å². The predicted molar refractivity (Wildman–Crippen MR) is 88.1 cm³/mol. The number of amides is 1. The number of fused-ring (bicyclic) bond motifs is 1. The van der Waals surface area contributed by atoms with Crippen molar-refractivity contribution in [3.8, 4) is 0 Å². The molecule has 2 aliphatic heterocycles. The number of nitrogens with zero attached hydrogens (tertiary/aromatic N) is 1. The lowest BCUT2D eigenvalue weighted by Gasteiger charge is -2.16. The van der Waals surface area contributed by atoms with Gasteiger partial charge in [0.1, 0.15) is 24.0 Å². The number of aliphatic hydroxyl groups is 1. The molecule has 1 aromatic heterocycles. The maximum absolute atomic E-state index is 12.4. The summed E-state index contributed by atoms with van der Waals surface area (Å²) in [6.45, 7) is 0.596. The largest absolute Gasteiger partial charge is 0.388 e. The molecule has 0 radical (unpaired) electrons. The summed E-state index contributed by atoms with van der Waals surface area (Å²) < 4.78 is 11.0. The van der Waals surface area contributed by atoms with Gasteiger partial charge in [-0.25, -0.2) is 4.98 Å². The van der Waals surface area contributed by atoms with Crippen LogP contribution in [-0.4, -0.2) is 53.6 Å². The van der Waals surface area contributed by atoms with E-state index < -0.39 is 6.10 Å². The van der Waals surface area contributed by atoms with Crippen LogP contribution in [0.5, 0.6) is 0 Å². The van der Waals surface area contributed by atoms with E-state index in [1.807, 2.05) is 30.3 Å². The van der Waals surface area contributed by atoms with Gasteiger partial charge in [0.2, 0.25) is 0 Å². The third-order valence-corrected chi connectivity index (χ3v) is 5.18. The van der Waals surface area contributed by atoms with Crippen molar-refractivity contribution in [2.24, 2.45) is 0 Å². The number of carbonyl (C=O) groups is 1. The maximum atomic E-state index is 12.4. The average molecular weight is 346 g/mol. The Hall–Kier alpha value is -1.80. The molecule has 2 fully saturated rings. The first-order chi connectivity index (χ1) is 11.7. The number of aromatic nitrogens is 1. The van der Waals surface area contributed by atoms with E-state index in [0.29, 0.717) is 18.7 Å². The van der Waals surface area contributed by atoms with Crippen LogP contribution in [0, 0.1) is 0 Å². The fourth-order valence-corrected chi connectivity index (χ4v) is 3.92. The molecular formula is C17H18N2O4S. The molecule has 7 heteroatoms. The smallest absolute Gasteiger partial charge is 0.271 e. The SMILES string of the molecule is O=C(N[C@@H]1CO[C@H]2[C@@H]1OC[C@H]2O)c1csc(Cc2ccccc2)n1. The Bertz CT molecular complexity index is 720. The number of hydrogen-bond acceptors (Lipinski definition) is 6. The van der Waals surface area contributed by atoms with Crippen molar-refractivity contribution in [1.29, 1.82) is 0 Å². The number of rotatable bonds is 4. The van der Waals surface area contributed by atoms with E-state index in [1.54, 1.807) is 5.38 Å². The van der Waals surface area contributed by atoms with Gasteiger partial charge in [0, 0.05) is 11.8 Å². The summed E-state index contributed by atoms with van der Waals surface area (Å²) in [4.78, 5) is 16.8. The third kappa shape index (κ3) is 3.08. The Morgan fingerprint density at radius 2 is 2.04 bits per heavy atom. The van der Waals surface area contributed by atoms with Crippen LogP contribution >= 0.6 is 11.3 Å². The summed E-state index contributed by atoms with van der Waals surface area (Å²) in [6, 6.07) is 9.79. The van der Waals surface area contributed by atoms with Gasteiger partial charge in [-0.05, 0) is 5.56 Å². The van der Waals surface area contributed by atoms with Crippen LogP contribution in [0.1, 0.15) is 21.1 Å². The van der Waals surface area contributed by atoms with Crippen molar-refractivity contribution in [3.05, 3.63) is 52.0 Å². The van der Waals surface area contributed by atoms with E-state index in [9.17, 15) is 9.90 Å². The molecular weight excluding hydrogens is 328 g/mol. The van der Waals surface area contributed by atoms with Gasteiger partial charge in [-0.1, -0.05) is 30.3 Å². The number of ether oxygens (including phenoxy) is 2. The van der Waals surface area contributed by atoms with Gasteiger partial charge in [0.05, 0.1) is 24.3 Å². The van der Waals surface area contributed by atoms with Crippen molar-refractivity contribution in [1.82, 2.24) is 10.3 Å². The number of thiazole rings is 1. The fraction of sp³-hybridized carbons (Fsp3) is 0.412. The number of aliphatic hydroxyl groups excluding tert-OH is 1. The summed E-state index contributed by atoms with van der Waals surface area (Å²) >= 11 is 1.48. The summed E-state index contributed by atoms with van der Waals surface area (Å²) in [5.74, 6) is -0.232. The van der Waals surface area contributed by atoms with Gasteiger partial charge in [-0.2, -0.15) is 0 Å². The second-order valence-corrected chi connectivity index (χ2v) is 6.97. The fourth-order valence-electron chi connectivity index (χ4n) is 3.11. The van der Waals surface area contributed by atoms with Crippen LogP contribution in [-0.2, 0) is 15.9 Å². The molecule has 0 saturated carbocycles. The molecule has 24 heavy (non-hydrogen) atoms. The standard InChI is InChI=1S/C17H18N2O4S/c20-13-8-23-15-11(7-22-16(13)15)19-17(21)12-9-24-14(18-12)6-10-4-2-1-3-5-10/h1-5,9,11,13,15-16,20H,6-8H2,(H,19,21)/t11-,13-,15-,16-/m1/s1. The first-order valence-electron chi connectivity index (χ1n) is 7.91. The number of carbonyl (C=O) groups excluding carboxylic acids is 1. The zero-order valence-electron chi connectivity index (χ0n) is 12.9. The monoisotopic (exact) mass is 346 g/mol. The summed E-state index contributed by atoms with van der Waals surface area (Å²) in [5, 5.41) is 15.3. The Kier molecular flexibility index (Phi) is 4.32. The third-order valence-electron chi connectivity index (χ3n) is 4.33. The Labute approximate surface area is 143 Å². The molecule has 1 amide bonds. The van der Waals surface area contributed by atoms with Crippen molar-refractivity contribution in [2.45, 2.75) is 30.8 Å². The summed E-state index contributed by atoms with van der Waals surface area (Å²) in [7, 11) is 0.